The van der Waals surface area contributed by atoms with Crippen LogP contribution in [0.2, 0.25) is 0 Å². The predicted octanol–water partition coefficient (Wildman–Crippen LogP) is 0.150. The molecule has 1 saturated heterocycles. The maximum atomic E-state index is 12.8. The average molecular weight is 644 g/mol. The van der Waals surface area contributed by atoms with Crippen molar-refractivity contribution in [1.29, 1.82) is 10.8 Å². The van der Waals surface area contributed by atoms with Crippen LogP contribution in [0.15, 0.2) is 59.0 Å². The fourth-order valence-corrected chi connectivity index (χ4v) is 4.89. The molecule has 0 unspecified atom stereocenters. The van der Waals surface area contributed by atoms with Crippen LogP contribution in [-0.2, 0) is 16.1 Å². The van der Waals surface area contributed by atoms with Gasteiger partial charge in [-0.25, -0.2) is 0 Å². The molecule has 1 aromatic carbocycles. The number of aromatic nitrogens is 3. The van der Waals surface area contributed by atoms with Gasteiger partial charge >= 0.3 is 0 Å². The summed E-state index contributed by atoms with van der Waals surface area (Å²) in [5.74, 6) is -1.16. The number of anilines is 1. The number of para-hydroxylation sites is 1. The number of ether oxygens (including phenoxy) is 1. The number of amides is 3. The lowest BCUT2D eigenvalue weighted by molar-refractivity contribution is -0.120. The molecule has 1 saturated carbocycles. The van der Waals surface area contributed by atoms with Gasteiger partial charge in [-0.15, -0.1) is 0 Å². The Hall–Kier alpha value is -5.25. The Morgan fingerprint density at radius 1 is 1.10 bits per heavy atom. The maximum Gasteiger partial charge on any atom is 0.269 e. The van der Waals surface area contributed by atoms with Crippen LogP contribution in [0, 0.1) is 16.7 Å². The van der Waals surface area contributed by atoms with Gasteiger partial charge in [-0.05, 0) is 37.1 Å². The minimum Gasteiger partial charge on any atom is -0.494 e. The summed E-state index contributed by atoms with van der Waals surface area (Å²) < 4.78 is 11.2. The summed E-state index contributed by atoms with van der Waals surface area (Å²) in [6.07, 6.45) is 5.74. The fourth-order valence-electron chi connectivity index (χ4n) is 4.89. The molecule has 3 amide bonds. The van der Waals surface area contributed by atoms with E-state index >= 15 is 0 Å². The van der Waals surface area contributed by atoms with Gasteiger partial charge in [0, 0.05) is 50.6 Å². The number of methoxy groups -OCH3 is 1. The van der Waals surface area contributed by atoms with Gasteiger partial charge in [0.25, 0.3) is 17.7 Å². The summed E-state index contributed by atoms with van der Waals surface area (Å²) in [5, 5.41) is 26.2. The van der Waals surface area contributed by atoms with Crippen LogP contribution in [-0.4, -0.2) is 116 Å². The minimum atomic E-state index is -2.11. The smallest absolute Gasteiger partial charge is 0.269 e. The lowest BCUT2D eigenvalue weighted by Crippen LogP contribution is -2.52. The molecule has 2 aromatic heterocycles. The van der Waals surface area contributed by atoms with Crippen LogP contribution < -0.4 is 20.7 Å². The van der Waals surface area contributed by atoms with Gasteiger partial charge in [-0.1, -0.05) is 16.5 Å². The van der Waals surface area contributed by atoms with Crippen LogP contribution in [0.4, 0.5) is 5.69 Å². The molecule has 5 N–H and O–H groups in total. The molecule has 15 nitrogen and oxygen atoms in total. The quantitative estimate of drug-likeness (QED) is 0.103. The van der Waals surface area contributed by atoms with Gasteiger partial charge in [-0.3, -0.25) is 35.1 Å². The third kappa shape index (κ3) is 8.76. The van der Waals surface area contributed by atoms with Crippen molar-refractivity contribution in [2.24, 2.45) is 5.92 Å². The molecule has 6 radical (unpaired) electrons. The van der Waals surface area contributed by atoms with Crippen LogP contribution in [0.3, 0.4) is 0 Å². The van der Waals surface area contributed by atoms with E-state index < -0.39 is 16.9 Å². The first-order valence-electron chi connectivity index (χ1n) is 15.0. The second-order valence-corrected chi connectivity index (χ2v) is 11.3. The number of rotatable bonds is 12. The number of pyridine rings is 1. The number of nitrogens with zero attached hydrogens (tertiary/aromatic N) is 5. The van der Waals surface area contributed by atoms with Gasteiger partial charge in [0.2, 0.25) is 5.91 Å². The Kier molecular flexibility index (Phi) is 10.4. The Morgan fingerprint density at radius 2 is 1.85 bits per heavy atom. The SMILES string of the molecule is [B]C([B])([B])NC(=O)C(=N)/C(=C\C(=N)NC(=O)C1CC1)Nc1cccc(-c2nc(CN3CCN(C(=O)c4cccnc4)CC3)no2)c1OC. The molecule has 2 fully saturated rings. The molecule has 1 aliphatic heterocycles. The highest BCUT2D eigenvalue weighted by molar-refractivity contribution is 6.61. The number of hydrogen-bond acceptors (Lipinski definition) is 12. The lowest BCUT2D eigenvalue weighted by atomic mass is 9.49. The molecular weight excluding hydrogens is 613 g/mol. The number of amidine groups is 1. The van der Waals surface area contributed by atoms with Crippen molar-refractivity contribution in [2.75, 3.05) is 38.6 Å². The van der Waals surface area contributed by atoms with Crippen LogP contribution >= 0.6 is 0 Å². The zero-order valence-electron chi connectivity index (χ0n) is 26.2. The first-order chi connectivity index (χ1) is 22.9. The fraction of sp³-hybridized carbons (Fsp3) is 0.333. The van der Waals surface area contributed by atoms with Crippen molar-refractivity contribution in [3.8, 4) is 17.2 Å². The zero-order valence-corrected chi connectivity index (χ0v) is 26.2. The van der Waals surface area contributed by atoms with E-state index in [-0.39, 0.29) is 46.6 Å². The zero-order chi connectivity index (χ0) is 34.4. The molecule has 5 rings (SSSR count). The van der Waals surface area contributed by atoms with E-state index in [0.29, 0.717) is 49.7 Å². The summed E-state index contributed by atoms with van der Waals surface area (Å²) in [6.45, 7) is 2.68. The number of nitrogens with one attached hydrogen (secondary N) is 5. The molecule has 0 atom stereocenters. The molecule has 3 heterocycles. The van der Waals surface area contributed by atoms with Gasteiger partial charge in [0.1, 0.15) is 11.5 Å². The lowest BCUT2D eigenvalue weighted by Gasteiger charge is -2.34. The van der Waals surface area contributed by atoms with E-state index in [0.717, 1.165) is 18.9 Å². The summed E-state index contributed by atoms with van der Waals surface area (Å²) in [5.41, 5.74) is 0.352. The van der Waals surface area contributed by atoms with E-state index in [1.807, 2.05) is 0 Å². The van der Waals surface area contributed by atoms with Crippen molar-refractivity contribution in [2.45, 2.75) is 24.6 Å². The summed E-state index contributed by atoms with van der Waals surface area (Å²) in [7, 11) is 17.9. The molecule has 0 spiro atoms. The van der Waals surface area contributed by atoms with E-state index in [1.165, 1.54) is 7.11 Å². The summed E-state index contributed by atoms with van der Waals surface area (Å²) in [6, 6.07) is 8.43. The molecule has 48 heavy (non-hydrogen) atoms. The number of hydrogen-bond donors (Lipinski definition) is 5. The van der Waals surface area contributed by atoms with E-state index in [1.54, 1.807) is 47.6 Å². The van der Waals surface area contributed by atoms with Crippen molar-refractivity contribution >= 4 is 58.5 Å². The van der Waals surface area contributed by atoms with Gasteiger partial charge in [0.05, 0.1) is 59.7 Å². The highest BCUT2D eigenvalue weighted by Crippen LogP contribution is 2.36. The highest BCUT2D eigenvalue weighted by atomic mass is 16.5. The average Bonchev–Trinajstić information content (AvgIpc) is 3.82. The van der Waals surface area contributed by atoms with Crippen molar-refractivity contribution < 1.29 is 23.6 Å². The topological polar surface area (TPSA) is 203 Å². The van der Waals surface area contributed by atoms with Crippen molar-refractivity contribution in [3.05, 3.63) is 65.9 Å². The Bertz CT molecular complexity index is 1730. The van der Waals surface area contributed by atoms with Gasteiger partial charge in [-0.2, -0.15) is 4.98 Å². The monoisotopic (exact) mass is 644 g/mol. The number of benzene rings is 1. The Balaban J connectivity index is 1.30. The third-order valence-corrected chi connectivity index (χ3v) is 7.44. The van der Waals surface area contributed by atoms with E-state index in [9.17, 15) is 14.4 Å². The molecule has 18 heteroatoms. The molecule has 1 aliphatic carbocycles. The predicted molar refractivity (Wildman–Crippen MR) is 178 cm³/mol. The molecule has 240 valence electrons. The number of carbonyl (C=O) groups excluding carboxylic acids is 3. The summed E-state index contributed by atoms with van der Waals surface area (Å²) >= 11 is 0. The number of piperazine rings is 1. The normalized spacial score (nSPS) is 15.4. The van der Waals surface area contributed by atoms with Gasteiger partial charge in [0.15, 0.2) is 11.6 Å². The molecule has 0 bridgehead atoms. The van der Waals surface area contributed by atoms with E-state index in [4.69, 9.17) is 43.6 Å². The largest absolute Gasteiger partial charge is 0.494 e. The highest BCUT2D eigenvalue weighted by Gasteiger charge is 2.30. The third-order valence-electron chi connectivity index (χ3n) is 7.44. The second-order valence-electron chi connectivity index (χ2n) is 11.3. The number of carbonyl (C=O) groups is 3. The first-order valence-corrected chi connectivity index (χ1v) is 15.0. The van der Waals surface area contributed by atoms with Crippen LogP contribution in [0.25, 0.3) is 11.5 Å². The van der Waals surface area contributed by atoms with Crippen LogP contribution in [0.1, 0.15) is 29.0 Å². The van der Waals surface area contributed by atoms with Gasteiger partial charge < -0.3 is 30.1 Å². The van der Waals surface area contributed by atoms with Crippen molar-refractivity contribution in [3.63, 3.8) is 0 Å². The second kappa shape index (κ2) is 14.7. The first kappa shape index (κ1) is 34.1. The standard InChI is InChI=1S/C30H31B3N10O5/c1-47-25-19(28-39-23(41-48-28)16-42-10-12-43(13-11-42)29(46)18-4-3-9-36-15-18)5-2-6-20(25)37-21(24(35)27(45)40-30(31,32)33)14-22(34)38-26(44)17-7-8-17/h2-6,9,14-15,17,35,37H,7-8,10-13,16H2,1H3,(H,40,45)(H2,34,38,44)/b21-14+,35-24?. The summed E-state index contributed by atoms with van der Waals surface area (Å²) in [4.78, 5) is 50.2. The minimum absolute atomic E-state index is 0.0648. The molecule has 3 aromatic rings. The molecular formula is C30H31B3N10O5. The Labute approximate surface area is 280 Å². The van der Waals surface area contributed by atoms with E-state index in [2.05, 4.69) is 36.0 Å². The molecule has 2 aliphatic rings. The Morgan fingerprint density at radius 3 is 2.50 bits per heavy atom. The van der Waals surface area contributed by atoms with Crippen LogP contribution in [0.5, 0.6) is 5.75 Å². The van der Waals surface area contributed by atoms with Crippen molar-refractivity contribution in [1.82, 2.24) is 35.6 Å². The maximum absolute atomic E-state index is 12.8.